The van der Waals surface area contributed by atoms with Crippen LogP contribution in [-0.2, 0) is 21.5 Å². The number of urea groups is 1. The van der Waals surface area contributed by atoms with E-state index in [2.05, 4.69) is 10.6 Å². The lowest BCUT2D eigenvalue weighted by molar-refractivity contribution is -0.134. The summed E-state index contributed by atoms with van der Waals surface area (Å²) in [5.74, 6) is -6.35. The topological polar surface area (TPSA) is 78.5 Å². The maximum Gasteiger partial charge on any atom is 0.325 e. The van der Waals surface area contributed by atoms with Gasteiger partial charge in [0.15, 0.2) is 23.0 Å². The largest absolute Gasteiger partial charge is 0.325 e. The highest BCUT2D eigenvalue weighted by Crippen LogP contribution is 2.33. The van der Waals surface area contributed by atoms with Gasteiger partial charge in [0.25, 0.3) is 5.91 Å². The molecule has 0 spiro atoms. The van der Waals surface area contributed by atoms with Crippen LogP contribution >= 0.6 is 0 Å². The monoisotopic (exact) mass is 453 g/mol. The molecule has 1 unspecified atom stereocenters. The van der Waals surface area contributed by atoms with E-state index in [1.54, 1.807) is 42.5 Å². The summed E-state index contributed by atoms with van der Waals surface area (Å²) in [4.78, 5) is 39.4. The summed E-state index contributed by atoms with van der Waals surface area (Å²) in [6.45, 7) is -0.744. The van der Waals surface area contributed by atoms with Gasteiger partial charge in [-0.3, -0.25) is 14.5 Å². The lowest BCUT2D eigenvalue weighted by Gasteiger charge is -2.27. The van der Waals surface area contributed by atoms with Crippen LogP contribution in [-0.4, -0.2) is 29.3 Å². The van der Waals surface area contributed by atoms with E-state index in [1.165, 1.54) is 0 Å². The highest BCUT2D eigenvalue weighted by atomic mass is 19.2. The van der Waals surface area contributed by atoms with Crippen molar-refractivity contribution in [2.75, 3.05) is 11.9 Å². The van der Waals surface area contributed by atoms with Crippen LogP contribution in [0.25, 0.3) is 0 Å². The predicted molar refractivity (Wildman–Crippen MR) is 113 cm³/mol. The minimum absolute atomic E-state index is 0.137. The normalized spacial score (nSPS) is 17.7. The van der Waals surface area contributed by atoms with Crippen LogP contribution in [0.3, 0.4) is 0 Å². The van der Waals surface area contributed by atoms with E-state index < -0.39 is 53.1 Å². The Kier molecular flexibility index (Phi) is 5.87. The van der Waals surface area contributed by atoms with Crippen molar-refractivity contribution in [3.05, 3.63) is 101 Å². The SMILES string of the molecule is O=C(CN1C(=O)NC(Cc2ccccc2)(c2ccccc2)C1=O)Nc1ccc(F)c(F)c1F. The van der Waals surface area contributed by atoms with Crippen molar-refractivity contribution < 1.29 is 27.6 Å². The zero-order valence-electron chi connectivity index (χ0n) is 17.1. The summed E-state index contributed by atoms with van der Waals surface area (Å²) in [5.41, 5.74) is -0.746. The van der Waals surface area contributed by atoms with Gasteiger partial charge >= 0.3 is 6.03 Å². The molecule has 1 saturated heterocycles. The van der Waals surface area contributed by atoms with E-state index in [-0.39, 0.29) is 6.42 Å². The molecule has 6 nitrogen and oxygen atoms in total. The number of carbonyl (C=O) groups excluding carboxylic acids is 3. The van der Waals surface area contributed by atoms with Crippen LogP contribution in [0.5, 0.6) is 0 Å². The number of carbonyl (C=O) groups is 3. The van der Waals surface area contributed by atoms with E-state index >= 15 is 0 Å². The lowest BCUT2D eigenvalue weighted by Crippen LogP contribution is -2.46. The molecule has 0 saturated carbocycles. The molecule has 1 aliphatic rings. The molecular formula is C24H18F3N3O3. The van der Waals surface area contributed by atoms with Gasteiger partial charge in [0.1, 0.15) is 6.54 Å². The van der Waals surface area contributed by atoms with Gasteiger partial charge in [0, 0.05) is 6.42 Å². The van der Waals surface area contributed by atoms with E-state index in [0.717, 1.165) is 11.6 Å². The zero-order valence-corrected chi connectivity index (χ0v) is 17.1. The zero-order chi connectivity index (χ0) is 23.6. The van der Waals surface area contributed by atoms with Crippen LogP contribution in [0, 0.1) is 17.5 Å². The van der Waals surface area contributed by atoms with Gasteiger partial charge in [0.05, 0.1) is 5.69 Å². The fourth-order valence-electron chi connectivity index (χ4n) is 3.77. The van der Waals surface area contributed by atoms with Crippen LogP contribution < -0.4 is 10.6 Å². The van der Waals surface area contributed by atoms with Gasteiger partial charge in [-0.25, -0.2) is 18.0 Å². The van der Waals surface area contributed by atoms with Gasteiger partial charge in [-0.05, 0) is 23.3 Å². The second kappa shape index (κ2) is 8.78. The molecule has 9 heteroatoms. The minimum atomic E-state index is -1.74. The fraction of sp³-hybridized carbons (Fsp3) is 0.125. The van der Waals surface area contributed by atoms with Crippen LogP contribution in [0.1, 0.15) is 11.1 Å². The Labute approximate surface area is 187 Å². The molecule has 0 bridgehead atoms. The Morgan fingerprint density at radius 2 is 1.52 bits per heavy atom. The van der Waals surface area contributed by atoms with Gasteiger partial charge in [-0.1, -0.05) is 60.7 Å². The van der Waals surface area contributed by atoms with Crippen LogP contribution in [0.15, 0.2) is 72.8 Å². The maximum absolute atomic E-state index is 13.9. The first kappa shape index (κ1) is 22.1. The number of nitrogens with one attached hydrogen (secondary N) is 2. The van der Waals surface area contributed by atoms with Crippen molar-refractivity contribution in [3.63, 3.8) is 0 Å². The van der Waals surface area contributed by atoms with Crippen molar-refractivity contribution in [2.45, 2.75) is 12.0 Å². The highest BCUT2D eigenvalue weighted by molar-refractivity contribution is 6.10. The third-order valence-corrected chi connectivity index (χ3v) is 5.37. The van der Waals surface area contributed by atoms with E-state index in [1.807, 2.05) is 18.2 Å². The fourth-order valence-corrected chi connectivity index (χ4v) is 3.77. The number of nitrogens with zero attached hydrogens (tertiary/aromatic N) is 1. The Balaban J connectivity index is 1.60. The van der Waals surface area contributed by atoms with Crippen molar-refractivity contribution in [1.29, 1.82) is 0 Å². The Bertz CT molecular complexity index is 1220. The molecule has 1 atom stereocenters. The van der Waals surface area contributed by atoms with Crippen molar-refractivity contribution in [1.82, 2.24) is 10.2 Å². The average Bonchev–Trinajstić information content (AvgIpc) is 3.05. The second-order valence-corrected chi connectivity index (χ2v) is 7.53. The third kappa shape index (κ3) is 4.17. The average molecular weight is 453 g/mol. The number of halogens is 3. The minimum Gasteiger partial charge on any atom is -0.322 e. The molecule has 1 aliphatic heterocycles. The summed E-state index contributed by atoms with van der Waals surface area (Å²) in [5, 5.41) is 4.77. The summed E-state index contributed by atoms with van der Waals surface area (Å²) < 4.78 is 40.4. The molecular weight excluding hydrogens is 435 g/mol. The first-order valence-corrected chi connectivity index (χ1v) is 9.99. The number of rotatable bonds is 6. The van der Waals surface area contributed by atoms with Crippen molar-refractivity contribution >= 4 is 23.5 Å². The molecule has 0 radical (unpaired) electrons. The molecule has 0 aliphatic carbocycles. The van der Waals surface area contributed by atoms with Crippen molar-refractivity contribution in [2.24, 2.45) is 0 Å². The molecule has 1 fully saturated rings. The number of benzene rings is 3. The first-order chi connectivity index (χ1) is 15.8. The molecule has 4 rings (SSSR count). The van der Waals surface area contributed by atoms with E-state index in [4.69, 9.17) is 0 Å². The quantitative estimate of drug-likeness (QED) is 0.441. The van der Waals surface area contributed by atoms with Crippen LogP contribution in [0.4, 0.5) is 23.7 Å². The van der Waals surface area contributed by atoms with Gasteiger partial charge in [-0.15, -0.1) is 0 Å². The molecule has 2 N–H and O–H groups in total. The Morgan fingerprint density at radius 3 is 2.18 bits per heavy atom. The van der Waals surface area contributed by atoms with E-state index in [9.17, 15) is 27.6 Å². The molecule has 3 aromatic carbocycles. The van der Waals surface area contributed by atoms with Gasteiger partial charge in [0.2, 0.25) is 5.91 Å². The van der Waals surface area contributed by atoms with Crippen LogP contribution in [0.2, 0.25) is 0 Å². The standard InChI is InChI=1S/C24H18F3N3O3/c25-17-11-12-18(21(27)20(17)26)28-19(31)14-30-22(32)24(29-23(30)33,16-9-5-2-6-10-16)13-15-7-3-1-4-8-15/h1-12H,13-14H2,(H,28,31)(H,29,33). The number of imide groups is 1. The second-order valence-electron chi connectivity index (χ2n) is 7.53. The maximum atomic E-state index is 13.9. The molecule has 33 heavy (non-hydrogen) atoms. The molecule has 1 heterocycles. The Hall–Kier alpha value is -4.14. The highest BCUT2D eigenvalue weighted by Gasteiger charge is 2.52. The number of anilines is 1. The summed E-state index contributed by atoms with van der Waals surface area (Å²) in [6, 6.07) is 18.4. The summed E-state index contributed by atoms with van der Waals surface area (Å²) in [7, 11) is 0. The molecule has 168 valence electrons. The molecule has 4 amide bonds. The van der Waals surface area contributed by atoms with E-state index in [0.29, 0.717) is 16.5 Å². The predicted octanol–water partition coefficient (Wildman–Crippen LogP) is 3.73. The molecule has 0 aromatic heterocycles. The number of hydrogen-bond donors (Lipinski definition) is 2. The molecule has 3 aromatic rings. The summed E-state index contributed by atoms with van der Waals surface area (Å²) >= 11 is 0. The number of amides is 4. The number of hydrogen-bond acceptors (Lipinski definition) is 3. The lowest BCUT2D eigenvalue weighted by atomic mass is 9.83. The summed E-state index contributed by atoms with van der Waals surface area (Å²) in [6.07, 6.45) is 0.137. The first-order valence-electron chi connectivity index (χ1n) is 9.99. The smallest absolute Gasteiger partial charge is 0.322 e. The van der Waals surface area contributed by atoms with Gasteiger partial charge < -0.3 is 10.6 Å². The van der Waals surface area contributed by atoms with Gasteiger partial charge in [-0.2, -0.15) is 0 Å². The third-order valence-electron chi connectivity index (χ3n) is 5.37. The Morgan fingerprint density at radius 1 is 0.879 bits per heavy atom. The van der Waals surface area contributed by atoms with Crippen molar-refractivity contribution in [3.8, 4) is 0 Å².